The van der Waals surface area contributed by atoms with Crippen molar-refractivity contribution >= 4 is 23.4 Å². The molecule has 0 fully saturated rings. The van der Waals surface area contributed by atoms with Crippen molar-refractivity contribution in [3.8, 4) is 11.5 Å². The van der Waals surface area contributed by atoms with E-state index in [-0.39, 0.29) is 6.10 Å². The van der Waals surface area contributed by atoms with Crippen LogP contribution in [0.4, 0.5) is 10.5 Å². The van der Waals surface area contributed by atoms with Crippen molar-refractivity contribution in [2.45, 2.75) is 26.1 Å². The topological polar surface area (TPSA) is 59.0 Å². The first kappa shape index (κ1) is 16.5. The summed E-state index contributed by atoms with van der Waals surface area (Å²) in [7, 11) is 0. The maximum absolute atomic E-state index is 11.5. The van der Waals surface area contributed by atoms with Crippen molar-refractivity contribution in [1.82, 2.24) is 0 Å². The van der Waals surface area contributed by atoms with E-state index in [0.29, 0.717) is 41.8 Å². The summed E-state index contributed by atoms with van der Waals surface area (Å²) < 4.78 is 11.6. The van der Waals surface area contributed by atoms with Gasteiger partial charge >= 0.3 is 6.09 Å². The fourth-order valence-electron chi connectivity index (χ4n) is 2.59. The van der Waals surface area contributed by atoms with Crippen LogP contribution in [0.2, 0.25) is 5.02 Å². The number of hydrogen-bond donors (Lipinski definition) is 1. The number of rotatable bonds is 4. The highest BCUT2D eigenvalue weighted by atomic mass is 35.5. The first-order chi connectivity index (χ1) is 11.6. The summed E-state index contributed by atoms with van der Waals surface area (Å²) >= 11 is 6.27. The highest BCUT2D eigenvalue weighted by molar-refractivity contribution is 6.32. The monoisotopic (exact) mass is 347 g/mol. The fourth-order valence-corrected chi connectivity index (χ4v) is 2.80. The largest absolute Gasteiger partial charge is 0.487 e. The molecular formula is C18H18ClNO4. The second kappa shape index (κ2) is 7.01. The molecule has 3 rings (SSSR count). The summed E-state index contributed by atoms with van der Waals surface area (Å²) in [4.78, 5) is 12.7. The molecule has 0 bridgehead atoms. The van der Waals surface area contributed by atoms with Crippen LogP contribution in [0.25, 0.3) is 0 Å². The van der Waals surface area contributed by atoms with Crippen molar-refractivity contribution in [2.24, 2.45) is 0 Å². The highest BCUT2D eigenvalue weighted by Crippen LogP contribution is 2.41. The summed E-state index contributed by atoms with van der Waals surface area (Å²) in [6, 6.07) is 13.0. The van der Waals surface area contributed by atoms with Gasteiger partial charge in [-0.15, -0.1) is 0 Å². The first-order valence-electron chi connectivity index (χ1n) is 7.76. The summed E-state index contributed by atoms with van der Waals surface area (Å²) in [6.07, 6.45) is -0.491. The normalized spacial score (nSPS) is 16.2. The van der Waals surface area contributed by atoms with Gasteiger partial charge in [-0.25, -0.2) is 4.79 Å². The first-order valence-corrected chi connectivity index (χ1v) is 8.13. The molecule has 1 heterocycles. The molecule has 6 heteroatoms. The van der Waals surface area contributed by atoms with E-state index in [1.54, 1.807) is 12.1 Å². The lowest BCUT2D eigenvalue weighted by molar-refractivity contribution is 0.169. The lowest BCUT2D eigenvalue weighted by Crippen LogP contribution is -2.42. The van der Waals surface area contributed by atoms with Crippen molar-refractivity contribution in [3.63, 3.8) is 0 Å². The quantitative estimate of drug-likeness (QED) is 0.879. The van der Waals surface area contributed by atoms with E-state index in [4.69, 9.17) is 21.1 Å². The molecule has 5 nitrogen and oxygen atoms in total. The van der Waals surface area contributed by atoms with Crippen molar-refractivity contribution in [3.05, 3.63) is 53.1 Å². The zero-order valence-electron chi connectivity index (χ0n) is 13.2. The van der Waals surface area contributed by atoms with Crippen LogP contribution in [-0.2, 0) is 6.61 Å². The summed E-state index contributed by atoms with van der Waals surface area (Å²) in [5.74, 6) is 0.948. The minimum atomic E-state index is -1.02. The Morgan fingerprint density at radius 2 is 2.12 bits per heavy atom. The molecule has 2 aromatic carbocycles. The van der Waals surface area contributed by atoms with Crippen molar-refractivity contribution < 1.29 is 19.4 Å². The van der Waals surface area contributed by atoms with E-state index >= 15 is 0 Å². The third kappa shape index (κ3) is 3.41. The van der Waals surface area contributed by atoms with Gasteiger partial charge in [0.15, 0.2) is 0 Å². The van der Waals surface area contributed by atoms with Gasteiger partial charge in [0.1, 0.15) is 24.2 Å². The molecule has 1 N–H and O–H groups in total. The van der Waals surface area contributed by atoms with E-state index in [1.165, 1.54) is 4.90 Å². The zero-order chi connectivity index (χ0) is 17.1. The van der Waals surface area contributed by atoms with E-state index in [1.807, 2.05) is 37.3 Å². The molecule has 0 saturated heterocycles. The Balaban J connectivity index is 1.86. The molecule has 1 atom stereocenters. The van der Waals surface area contributed by atoms with Gasteiger partial charge in [0.2, 0.25) is 0 Å². The average molecular weight is 348 g/mol. The molecule has 0 spiro atoms. The molecule has 2 aromatic rings. The minimum Gasteiger partial charge on any atom is -0.487 e. The Labute approximate surface area is 145 Å². The maximum atomic E-state index is 11.5. The Hall–Kier alpha value is -2.40. The summed E-state index contributed by atoms with van der Waals surface area (Å²) in [5, 5.41) is 9.76. The van der Waals surface area contributed by atoms with Gasteiger partial charge in [0, 0.05) is 6.07 Å². The van der Waals surface area contributed by atoms with Crippen LogP contribution in [-0.4, -0.2) is 23.8 Å². The van der Waals surface area contributed by atoms with Gasteiger partial charge in [0.05, 0.1) is 17.3 Å². The Kier molecular flexibility index (Phi) is 4.81. The lowest BCUT2D eigenvalue weighted by Gasteiger charge is -2.33. The van der Waals surface area contributed by atoms with Crippen LogP contribution in [0.15, 0.2) is 42.5 Å². The van der Waals surface area contributed by atoms with Gasteiger partial charge in [-0.1, -0.05) is 48.9 Å². The predicted molar refractivity (Wildman–Crippen MR) is 92.3 cm³/mol. The number of nitrogens with zero attached hydrogens (tertiary/aromatic N) is 1. The van der Waals surface area contributed by atoms with Crippen LogP contribution >= 0.6 is 11.6 Å². The molecule has 0 saturated carbocycles. The second-order valence-corrected chi connectivity index (χ2v) is 5.97. The maximum Gasteiger partial charge on any atom is 0.412 e. The van der Waals surface area contributed by atoms with E-state index < -0.39 is 6.09 Å². The smallest absolute Gasteiger partial charge is 0.412 e. The van der Waals surface area contributed by atoms with E-state index in [2.05, 4.69) is 0 Å². The Morgan fingerprint density at radius 3 is 2.79 bits per heavy atom. The van der Waals surface area contributed by atoms with Gasteiger partial charge < -0.3 is 14.6 Å². The van der Waals surface area contributed by atoms with Crippen LogP contribution in [0.3, 0.4) is 0 Å². The molecule has 1 aliphatic rings. The number of fused-ring (bicyclic) bond motifs is 1. The van der Waals surface area contributed by atoms with E-state index in [0.717, 1.165) is 5.56 Å². The molecule has 1 aliphatic heterocycles. The molecule has 0 aliphatic carbocycles. The molecule has 24 heavy (non-hydrogen) atoms. The molecule has 0 aromatic heterocycles. The fraction of sp³-hybridized carbons (Fsp3) is 0.278. The van der Waals surface area contributed by atoms with Gasteiger partial charge in [-0.2, -0.15) is 0 Å². The molecule has 0 radical (unpaired) electrons. The standard InChI is InChI=1S/C18H18ClNO4/c1-2-13-10-20(18(21)22)15-8-14(19)16(9-17(15)24-13)23-11-12-6-4-3-5-7-12/h3-9,13H,2,10-11H2,1H3,(H,21,22). The van der Waals surface area contributed by atoms with Crippen molar-refractivity contribution in [2.75, 3.05) is 11.4 Å². The summed E-state index contributed by atoms with van der Waals surface area (Å²) in [6.45, 7) is 2.62. The average Bonchev–Trinajstić information content (AvgIpc) is 2.59. The number of carboxylic acid groups (broad SMARTS) is 1. The third-order valence-corrected chi connectivity index (χ3v) is 4.20. The SMILES string of the molecule is CCC1CN(C(=O)O)c2cc(Cl)c(OCc3ccccc3)cc2O1. The van der Waals surface area contributed by atoms with Crippen molar-refractivity contribution in [1.29, 1.82) is 0 Å². The molecular weight excluding hydrogens is 330 g/mol. The number of ether oxygens (including phenoxy) is 2. The van der Waals surface area contributed by atoms with Gasteiger partial charge in [-0.05, 0) is 18.1 Å². The van der Waals surface area contributed by atoms with Gasteiger partial charge in [-0.3, -0.25) is 4.90 Å². The number of carbonyl (C=O) groups is 1. The van der Waals surface area contributed by atoms with Gasteiger partial charge in [0.25, 0.3) is 0 Å². The Bertz CT molecular complexity index is 735. The van der Waals surface area contributed by atoms with Crippen LogP contribution in [0.1, 0.15) is 18.9 Å². The number of benzene rings is 2. The van der Waals surface area contributed by atoms with E-state index in [9.17, 15) is 9.90 Å². The zero-order valence-corrected chi connectivity index (χ0v) is 14.0. The Morgan fingerprint density at radius 1 is 1.38 bits per heavy atom. The highest BCUT2D eigenvalue weighted by Gasteiger charge is 2.30. The van der Waals surface area contributed by atoms with Crippen LogP contribution in [0, 0.1) is 0 Å². The number of anilines is 1. The van der Waals surface area contributed by atoms with Crippen LogP contribution < -0.4 is 14.4 Å². The second-order valence-electron chi connectivity index (χ2n) is 5.57. The number of halogens is 1. The summed E-state index contributed by atoms with van der Waals surface area (Å²) in [5.41, 5.74) is 1.47. The molecule has 1 unspecified atom stereocenters. The predicted octanol–water partition coefficient (Wildman–Crippen LogP) is 4.57. The lowest BCUT2D eigenvalue weighted by atomic mass is 10.1. The molecule has 126 valence electrons. The van der Waals surface area contributed by atoms with Crippen LogP contribution in [0.5, 0.6) is 11.5 Å². The molecule has 1 amide bonds. The minimum absolute atomic E-state index is 0.184. The number of amides is 1. The third-order valence-electron chi connectivity index (χ3n) is 3.91. The number of hydrogen-bond acceptors (Lipinski definition) is 3.